The predicted molar refractivity (Wildman–Crippen MR) is 110 cm³/mol. The van der Waals surface area contributed by atoms with E-state index in [1.165, 1.54) is 0 Å². The molecule has 3 rings (SSSR count). The molecule has 0 aliphatic heterocycles. The first-order valence-electron chi connectivity index (χ1n) is 9.17. The Bertz CT molecular complexity index is 905. The molecule has 4 nitrogen and oxygen atoms in total. The molecular formula is C22H24ClN3O. The van der Waals surface area contributed by atoms with Crippen LogP contribution in [0.4, 0.5) is 0 Å². The van der Waals surface area contributed by atoms with Crippen molar-refractivity contribution in [3.63, 3.8) is 0 Å². The van der Waals surface area contributed by atoms with Gasteiger partial charge in [0.2, 0.25) is 5.91 Å². The lowest BCUT2D eigenvalue weighted by Gasteiger charge is -2.16. The van der Waals surface area contributed by atoms with Gasteiger partial charge in [0.15, 0.2) is 0 Å². The number of hydrogen-bond donors (Lipinski definition) is 0. The molecule has 1 heterocycles. The van der Waals surface area contributed by atoms with Crippen LogP contribution < -0.4 is 0 Å². The highest BCUT2D eigenvalue weighted by molar-refractivity contribution is 6.31. The second-order valence-electron chi connectivity index (χ2n) is 6.66. The van der Waals surface area contributed by atoms with Gasteiger partial charge in [0.1, 0.15) is 0 Å². The lowest BCUT2D eigenvalue weighted by Crippen LogP contribution is -2.25. The number of aromatic nitrogens is 2. The minimum atomic E-state index is 0.148. The maximum atomic E-state index is 12.2. The number of nitrogens with zero attached hydrogens (tertiary/aromatic N) is 3. The van der Waals surface area contributed by atoms with Gasteiger partial charge in [0.05, 0.1) is 12.2 Å². The Hall–Kier alpha value is -2.59. The maximum Gasteiger partial charge on any atom is 0.222 e. The predicted octanol–water partition coefficient (Wildman–Crippen LogP) is 5.01. The van der Waals surface area contributed by atoms with Crippen molar-refractivity contribution in [1.82, 2.24) is 14.7 Å². The molecule has 0 saturated carbocycles. The van der Waals surface area contributed by atoms with Crippen LogP contribution in [0, 0.1) is 0 Å². The number of rotatable bonds is 7. The molecule has 0 aliphatic carbocycles. The summed E-state index contributed by atoms with van der Waals surface area (Å²) in [5, 5.41) is 5.52. The molecule has 5 heteroatoms. The van der Waals surface area contributed by atoms with Crippen LogP contribution in [-0.4, -0.2) is 27.6 Å². The largest absolute Gasteiger partial charge is 0.341 e. The smallest absolute Gasteiger partial charge is 0.222 e. The van der Waals surface area contributed by atoms with Gasteiger partial charge in [-0.1, -0.05) is 67.1 Å². The highest BCUT2D eigenvalue weighted by atomic mass is 35.5. The summed E-state index contributed by atoms with van der Waals surface area (Å²) in [7, 11) is 1.85. The monoisotopic (exact) mass is 381 g/mol. The van der Waals surface area contributed by atoms with E-state index in [-0.39, 0.29) is 5.91 Å². The molecular weight excluding hydrogens is 358 g/mol. The second kappa shape index (κ2) is 8.87. The van der Waals surface area contributed by atoms with Crippen LogP contribution in [0.2, 0.25) is 5.02 Å². The zero-order valence-electron chi connectivity index (χ0n) is 15.7. The number of halogens is 1. The van der Waals surface area contributed by atoms with Gasteiger partial charge in [0, 0.05) is 42.4 Å². The quantitative estimate of drug-likeness (QED) is 0.577. The Morgan fingerprint density at radius 3 is 2.48 bits per heavy atom. The van der Waals surface area contributed by atoms with E-state index in [9.17, 15) is 4.79 Å². The van der Waals surface area contributed by atoms with Crippen molar-refractivity contribution < 1.29 is 4.79 Å². The van der Waals surface area contributed by atoms with Crippen molar-refractivity contribution in [2.75, 3.05) is 7.05 Å². The fraction of sp³-hybridized carbons (Fsp3) is 0.273. The van der Waals surface area contributed by atoms with Crippen molar-refractivity contribution in [2.24, 2.45) is 0 Å². The van der Waals surface area contributed by atoms with Gasteiger partial charge >= 0.3 is 0 Å². The molecule has 140 valence electrons. The molecule has 3 aromatic rings. The Balaban J connectivity index is 1.92. The van der Waals surface area contributed by atoms with Gasteiger partial charge < -0.3 is 4.90 Å². The molecule has 2 aromatic carbocycles. The molecule has 0 bridgehead atoms. The average molecular weight is 382 g/mol. The first kappa shape index (κ1) is 19.2. The van der Waals surface area contributed by atoms with Gasteiger partial charge in [-0.15, -0.1) is 0 Å². The summed E-state index contributed by atoms with van der Waals surface area (Å²) >= 11 is 6.30. The van der Waals surface area contributed by atoms with E-state index in [1.54, 1.807) is 4.90 Å². The van der Waals surface area contributed by atoms with E-state index >= 15 is 0 Å². The van der Waals surface area contributed by atoms with Crippen molar-refractivity contribution in [3.05, 3.63) is 76.9 Å². The third kappa shape index (κ3) is 4.77. The lowest BCUT2D eigenvalue weighted by atomic mass is 10.1. The first-order chi connectivity index (χ1) is 13.1. The summed E-state index contributed by atoms with van der Waals surface area (Å²) in [6.45, 7) is 3.14. The fourth-order valence-corrected chi connectivity index (χ4v) is 3.24. The summed E-state index contributed by atoms with van der Waals surface area (Å²) in [5.74, 6) is 0.148. The highest BCUT2D eigenvalue weighted by Gasteiger charge is 2.16. The molecule has 0 aliphatic rings. The zero-order valence-corrected chi connectivity index (χ0v) is 16.5. The standard InChI is InChI=1S/C22H24ClN3O/c1-3-9-21(27)25(2)14-19-16-26(15-18-12-7-8-13-20(18)23)24-22(19)17-10-5-4-6-11-17/h4-8,10-13,16H,3,9,14-15H2,1-2H3. The Morgan fingerprint density at radius 1 is 1.07 bits per heavy atom. The van der Waals surface area contributed by atoms with E-state index in [0.29, 0.717) is 19.5 Å². The maximum absolute atomic E-state index is 12.2. The van der Waals surface area contributed by atoms with Crippen LogP contribution in [0.15, 0.2) is 60.8 Å². The lowest BCUT2D eigenvalue weighted by molar-refractivity contribution is -0.130. The highest BCUT2D eigenvalue weighted by Crippen LogP contribution is 2.24. The minimum absolute atomic E-state index is 0.148. The first-order valence-corrected chi connectivity index (χ1v) is 9.55. The summed E-state index contributed by atoms with van der Waals surface area (Å²) in [5.41, 5.74) is 3.99. The minimum Gasteiger partial charge on any atom is -0.341 e. The Labute approximate surface area is 165 Å². The van der Waals surface area contributed by atoms with Gasteiger partial charge in [0.25, 0.3) is 0 Å². The van der Waals surface area contributed by atoms with Crippen LogP contribution in [-0.2, 0) is 17.9 Å². The third-order valence-corrected chi connectivity index (χ3v) is 4.84. The number of carbonyl (C=O) groups is 1. The molecule has 1 aromatic heterocycles. The summed E-state index contributed by atoms with van der Waals surface area (Å²) < 4.78 is 1.90. The van der Waals surface area contributed by atoms with E-state index < -0.39 is 0 Å². The van der Waals surface area contributed by atoms with E-state index in [2.05, 4.69) is 0 Å². The Kier molecular flexibility index (Phi) is 6.30. The second-order valence-corrected chi connectivity index (χ2v) is 7.06. The topological polar surface area (TPSA) is 38.1 Å². The van der Waals surface area contributed by atoms with Crippen molar-refractivity contribution in [3.8, 4) is 11.3 Å². The number of benzene rings is 2. The molecule has 27 heavy (non-hydrogen) atoms. The Morgan fingerprint density at radius 2 is 1.78 bits per heavy atom. The summed E-state index contributed by atoms with van der Waals surface area (Å²) in [4.78, 5) is 14.0. The van der Waals surface area contributed by atoms with Crippen LogP contribution in [0.5, 0.6) is 0 Å². The van der Waals surface area contributed by atoms with Crippen molar-refractivity contribution in [2.45, 2.75) is 32.9 Å². The van der Waals surface area contributed by atoms with Crippen LogP contribution in [0.25, 0.3) is 11.3 Å². The van der Waals surface area contributed by atoms with Crippen LogP contribution in [0.1, 0.15) is 30.9 Å². The van der Waals surface area contributed by atoms with E-state index in [0.717, 1.165) is 33.8 Å². The molecule has 0 spiro atoms. The van der Waals surface area contributed by atoms with Crippen LogP contribution >= 0.6 is 11.6 Å². The number of hydrogen-bond acceptors (Lipinski definition) is 2. The van der Waals surface area contributed by atoms with Crippen molar-refractivity contribution >= 4 is 17.5 Å². The molecule has 0 saturated heterocycles. The summed E-state index contributed by atoms with van der Waals surface area (Å²) in [6, 6.07) is 17.8. The van der Waals surface area contributed by atoms with Crippen molar-refractivity contribution in [1.29, 1.82) is 0 Å². The molecule has 0 radical (unpaired) electrons. The molecule has 0 N–H and O–H groups in total. The SMILES string of the molecule is CCCC(=O)N(C)Cc1cn(Cc2ccccc2Cl)nc1-c1ccccc1. The van der Waals surface area contributed by atoms with Gasteiger partial charge in [-0.05, 0) is 18.1 Å². The van der Waals surface area contributed by atoms with Gasteiger partial charge in [-0.25, -0.2) is 0 Å². The average Bonchev–Trinajstić information content (AvgIpc) is 3.07. The molecule has 0 atom stereocenters. The third-order valence-electron chi connectivity index (χ3n) is 4.47. The zero-order chi connectivity index (χ0) is 19.2. The molecule has 0 fully saturated rings. The van der Waals surface area contributed by atoms with Crippen LogP contribution in [0.3, 0.4) is 0 Å². The van der Waals surface area contributed by atoms with E-state index in [1.807, 2.05) is 79.4 Å². The molecule has 1 amide bonds. The van der Waals surface area contributed by atoms with Gasteiger partial charge in [-0.2, -0.15) is 5.10 Å². The fourth-order valence-electron chi connectivity index (χ4n) is 3.05. The number of carbonyl (C=O) groups excluding carboxylic acids is 1. The molecule has 0 unspecified atom stereocenters. The van der Waals surface area contributed by atoms with E-state index in [4.69, 9.17) is 16.7 Å². The summed E-state index contributed by atoms with van der Waals surface area (Å²) in [6.07, 6.45) is 3.42. The van der Waals surface area contributed by atoms with Gasteiger partial charge in [-0.3, -0.25) is 9.48 Å². The number of amides is 1. The normalized spacial score (nSPS) is 10.8.